The molecule has 0 aliphatic heterocycles. The van der Waals surface area contributed by atoms with Gasteiger partial charge in [-0.1, -0.05) is 13.8 Å². The highest BCUT2D eigenvalue weighted by Crippen LogP contribution is 2.22. The largest absolute Gasteiger partial charge is 0.395 e. The number of carbonyl (C=O) groups is 1. The molecule has 0 heterocycles. The maximum atomic E-state index is 12.7. The second-order valence-electron chi connectivity index (χ2n) is 4.61. The van der Waals surface area contributed by atoms with Gasteiger partial charge in [0.25, 0.3) is 11.6 Å². The van der Waals surface area contributed by atoms with E-state index < -0.39 is 4.92 Å². The molecule has 1 aromatic rings. The van der Waals surface area contributed by atoms with Crippen LogP contribution in [0, 0.1) is 13.7 Å². The quantitative estimate of drug-likeness (QED) is 0.429. The number of rotatable bonds is 7. The number of amides is 1. The number of hydrogen-bond donors (Lipinski definition) is 1. The Kier molecular flexibility index (Phi) is 7.03. The van der Waals surface area contributed by atoms with Crippen molar-refractivity contribution >= 4 is 34.2 Å². The molecule has 1 rings (SSSR count). The van der Waals surface area contributed by atoms with Gasteiger partial charge in [-0.15, -0.1) is 0 Å². The van der Waals surface area contributed by atoms with Gasteiger partial charge >= 0.3 is 0 Å². The second kappa shape index (κ2) is 8.28. The second-order valence-corrected chi connectivity index (χ2v) is 5.78. The molecule has 1 amide bonds. The standard InChI is InChI=1S/C14H19IN2O4/c1-3-10(4-2)16(7-8-18)14(19)12-9-11(17(20)21)5-6-13(12)15/h5-6,9-10,18H,3-4,7-8H2,1-2H3. The lowest BCUT2D eigenvalue weighted by atomic mass is 10.1. The first-order valence-electron chi connectivity index (χ1n) is 6.81. The van der Waals surface area contributed by atoms with Crippen LogP contribution in [0.25, 0.3) is 0 Å². The average Bonchev–Trinajstić information content (AvgIpc) is 2.47. The molecule has 0 bridgehead atoms. The SMILES string of the molecule is CCC(CC)N(CCO)C(=O)c1cc([N+](=O)[O-])ccc1I. The zero-order chi connectivity index (χ0) is 16.0. The Balaban J connectivity index is 3.19. The van der Waals surface area contributed by atoms with Gasteiger partial charge in [0.2, 0.25) is 0 Å². The van der Waals surface area contributed by atoms with E-state index in [-0.39, 0.29) is 30.8 Å². The highest BCUT2D eigenvalue weighted by Gasteiger charge is 2.25. The molecule has 0 aromatic heterocycles. The first kappa shape index (κ1) is 17.8. The summed E-state index contributed by atoms with van der Waals surface area (Å²) in [6, 6.07) is 4.26. The van der Waals surface area contributed by atoms with Gasteiger partial charge in [0, 0.05) is 28.3 Å². The molecule has 0 atom stereocenters. The number of aliphatic hydroxyl groups excluding tert-OH is 1. The van der Waals surface area contributed by atoms with Crippen LogP contribution in [0.15, 0.2) is 18.2 Å². The van der Waals surface area contributed by atoms with Crippen LogP contribution in [-0.2, 0) is 0 Å². The van der Waals surface area contributed by atoms with E-state index in [1.807, 2.05) is 36.4 Å². The number of benzene rings is 1. The molecule has 0 saturated carbocycles. The van der Waals surface area contributed by atoms with Crippen molar-refractivity contribution in [2.24, 2.45) is 0 Å². The molecule has 0 radical (unpaired) electrons. The predicted octanol–water partition coefficient (Wildman–Crippen LogP) is 2.82. The summed E-state index contributed by atoms with van der Waals surface area (Å²) in [5, 5.41) is 20.0. The van der Waals surface area contributed by atoms with Crippen LogP contribution in [0.1, 0.15) is 37.0 Å². The van der Waals surface area contributed by atoms with Crippen molar-refractivity contribution in [2.75, 3.05) is 13.2 Å². The van der Waals surface area contributed by atoms with Crippen molar-refractivity contribution in [1.82, 2.24) is 4.90 Å². The summed E-state index contributed by atoms with van der Waals surface area (Å²) in [4.78, 5) is 24.6. The highest BCUT2D eigenvalue weighted by atomic mass is 127. The van der Waals surface area contributed by atoms with Crippen LogP contribution >= 0.6 is 22.6 Å². The highest BCUT2D eigenvalue weighted by molar-refractivity contribution is 14.1. The maximum Gasteiger partial charge on any atom is 0.270 e. The molecule has 6 nitrogen and oxygen atoms in total. The van der Waals surface area contributed by atoms with Gasteiger partial charge < -0.3 is 10.0 Å². The van der Waals surface area contributed by atoms with Gasteiger partial charge in [0.15, 0.2) is 0 Å². The van der Waals surface area contributed by atoms with E-state index >= 15 is 0 Å². The van der Waals surface area contributed by atoms with E-state index in [2.05, 4.69) is 0 Å². The van der Waals surface area contributed by atoms with Gasteiger partial charge in [-0.3, -0.25) is 14.9 Å². The minimum absolute atomic E-state index is 0.0136. The smallest absolute Gasteiger partial charge is 0.270 e. The molecule has 0 unspecified atom stereocenters. The van der Waals surface area contributed by atoms with Crippen LogP contribution in [0.5, 0.6) is 0 Å². The summed E-state index contributed by atoms with van der Waals surface area (Å²) in [5.74, 6) is -0.272. The number of halogens is 1. The van der Waals surface area contributed by atoms with Crippen molar-refractivity contribution in [2.45, 2.75) is 32.7 Å². The lowest BCUT2D eigenvalue weighted by molar-refractivity contribution is -0.384. The van der Waals surface area contributed by atoms with Crippen molar-refractivity contribution in [3.63, 3.8) is 0 Å². The third-order valence-electron chi connectivity index (χ3n) is 3.38. The first-order valence-corrected chi connectivity index (χ1v) is 7.89. The van der Waals surface area contributed by atoms with E-state index in [1.54, 1.807) is 11.0 Å². The zero-order valence-electron chi connectivity index (χ0n) is 12.1. The molecule has 0 fully saturated rings. The monoisotopic (exact) mass is 406 g/mol. The molecular weight excluding hydrogens is 387 g/mol. The minimum Gasteiger partial charge on any atom is -0.395 e. The molecule has 0 aliphatic carbocycles. The van der Waals surface area contributed by atoms with Crippen LogP contribution in [0.3, 0.4) is 0 Å². The third-order valence-corrected chi connectivity index (χ3v) is 4.32. The van der Waals surface area contributed by atoms with Gasteiger partial charge in [0.1, 0.15) is 0 Å². The summed E-state index contributed by atoms with van der Waals surface area (Å²) < 4.78 is 0.664. The van der Waals surface area contributed by atoms with Gasteiger partial charge in [-0.05, 0) is 41.5 Å². The van der Waals surface area contributed by atoms with E-state index in [0.717, 1.165) is 12.8 Å². The molecule has 1 aromatic carbocycles. The van der Waals surface area contributed by atoms with Crippen LogP contribution < -0.4 is 0 Å². The number of aliphatic hydroxyl groups is 1. The lowest BCUT2D eigenvalue weighted by Crippen LogP contribution is -2.41. The summed E-state index contributed by atoms with van der Waals surface area (Å²) in [5.41, 5.74) is 0.206. The van der Waals surface area contributed by atoms with Crippen LogP contribution in [-0.4, -0.2) is 40.0 Å². The number of carbonyl (C=O) groups excluding carboxylic acids is 1. The minimum atomic E-state index is -0.514. The molecule has 0 saturated heterocycles. The van der Waals surface area contributed by atoms with Crippen LogP contribution in [0.2, 0.25) is 0 Å². The third kappa shape index (κ3) is 4.37. The first-order chi connectivity index (χ1) is 9.96. The van der Waals surface area contributed by atoms with Crippen molar-refractivity contribution in [3.05, 3.63) is 37.4 Å². The normalized spacial score (nSPS) is 10.7. The van der Waals surface area contributed by atoms with Gasteiger partial charge in [-0.2, -0.15) is 0 Å². The maximum absolute atomic E-state index is 12.7. The number of nitro groups is 1. The van der Waals surface area contributed by atoms with Crippen molar-refractivity contribution in [1.29, 1.82) is 0 Å². The Morgan fingerprint density at radius 3 is 2.52 bits per heavy atom. The van der Waals surface area contributed by atoms with E-state index in [9.17, 15) is 20.0 Å². The average molecular weight is 406 g/mol. The summed E-state index contributed by atoms with van der Waals surface area (Å²) in [6.07, 6.45) is 1.54. The van der Waals surface area contributed by atoms with E-state index in [4.69, 9.17) is 0 Å². The van der Waals surface area contributed by atoms with Crippen LogP contribution in [0.4, 0.5) is 5.69 Å². The fraction of sp³-hybridized carbons (Fsp3) is 0.500. The molecule has 0 spiro atoms. The fourth-order valence-corrected chi connectivity index (χ4v) is 2.80. The predicted molar refractivity (Wildman–Crippen MR) is 88.3 cm³/mol. The molecule has 0 aliphatic rings. The van der Waals surface area contributed by atoms with Crippen molar-refractivity contribution < 1.29 is 14.8 Å². The Morgan fingerprint density at radius 2 is 2.05 bits per heavy atom. The molecule has 21 heavy (non-hydrogen) atoms. The molecular formula is C14H19IN2O4. The van der Waals surface area contributed by atoms with E-state index in [0.29, 0.717) is 9.13 Å². The summed E-state index contributed by atoms with van der Waals surface area (Å²) in [6.45, 7) is 4.05. The summed E-state index contributed by atoms with van der Waals surface area (Å²) in [7, 11) is 0. The number of nitro benzene ring substituents is 1. The van der Waals surface area contributed by atoms with Gasteiger partial charge in [-0.25, -0.2) is 0 Å². The van der Waals surface area contributed by atoms with E-state index in [1.165, 1.54) is 12.1 Å². The van der Waals surface area contributed by atoms with Gasteiger partial charge in [0.05, 0.1) is 17.1 Å². The Hall–Kier alpha value is -1.22. The number of hydrogen-bond acceptors (Lipinski definition) is 4. The molecule has 1 N–H and O–H groups in total. The summed E-state index contributed by atoms with van der Waals surface area (Å²) >= 11 is 1.99. The number of non-ortho nitro benzene ring substituents is 1. The lowest BCUT2D eigenvalue weighted by Gasteiger charge is -2.30. The molecule has 7 heteroatoms. The Labute approximate surface area is 137 Å². The fourth-order valence-electron chi connectivity index (χ4n) is 2.23. The zero-order valence-corrected chi connectivity index (χ0v) is 14.2. The van der Waals surface area contributed by atoms with Crippen molar-refractivity contribution in [3.8, 4) is 0 Å². The molecule has 116 valence electrons. The Morgan fingerprint density at radius 1 is 1.43 bits per heavy atom. The topological polar surface area (TPSA) is 83.7 Å². The Bertz CT molecular complexity index is 518. The number of nitrogens with zero attached hydrogens (tertiary/aromatic N) is 2.